The Labute approximate surface area is 108 Å². The summed E-state index contributed by atoms with van der Waals surface area (Å²) in [5, 5.41) is 12.1. The van der Waals surface area contributed by atoms with E-state index in [2.05, 4.69) is 26.1 Å². The zero-order chi connectivity index (χ0) is 12.6. The third kappa shape index (κ3) is 2.51. The first kappa shape index (κ1) is 12.5. The van der Waals surface area contributed by atoms with Crippen LogP contribution in [0.4, 0.5) is 5.69 Å². The van der Waals surface area contributed by atoms with Gasteiger partial charge >= 0.3 is 7.05 Å². The summed E-state index contributed by atoms with van der Waals surface area (Å²) in [5.74, 6) is -0.0571. The zero-order valence-corrected chi connectivity index (χ0v) is 11.2. The van der Waals surface area contributed by atoms with Gasteiger partial charge in [0.15, 0.2) is 0 Å². The summed E-state index contributed by atoms with van der Waals surface area (Å²) >= 11 is 3.34. The number of carbonyl (C=O) groups is 1. The number of carbonyl (C=O) groups excluding carboxylic acids is 1. The average Bonchev–Trinajstić information content (AvgIpc) is 2.26. The van der Waals surface area contributed by atoms with Crippen LogP contribution in [0.5, 0.6) is 0 Å². The number of hydrogen-bond acceptors (Lipinski definition) is 4. The predicted molar refractivity (Wildman–Crippen MR) is 69.8 cm³/mol. The molecule has 0 aliphatic carbocycles. The summed E-state index contributed by atoms with van der Waals surface area (Å²) in [5.41, 5.74) is 1.67. The molecule has 0 aromatic carbocycles. The highest BCUT2D eigenvalue weighted by atomic mass is 79.9. The van der Waals surface area contributed by atoms with E-state index < -0.39 is 13.1 Å². The summed E-state index contributed by atoms with van der Waals surface area (Å²) < 4.78 is 0.845. The molecule has 1 amide bonds. The van der Waals surface area contributed by atoms with E-state index in [1.54, 1.807) is 25.0 Å². The lowest BCUT2D eigenvalue weighted by molar-refractivity contribution is -0.120. The van der Waals surface area contributed by atoms with Crippen LogP contribution in [0.2, 0.25) is 6.82 Å². The van der Waals surface area contributed by atoms with Crippen molar-refractivity contribution in [2.24, 2.45) is 0 Å². The second-order valence-corrected chi connectivity index (χ2v) is 5.03. The van der Waals surface area contributed by atoms with E-state index in [0.717, 1.165) is 15.9 Å². The molecule has 1 aliphatic heterocycles. The largest absolute Gasteiger partial charge is 0.437 e. The van der Waals surface area contributed by atoms with Gasteiger partial charge in [0, 0.05) is 24.1 Å². The molecule has 5 nitrogen and oxygen atoms in total. The summed E-state index contributed by atoms with van der Waals surface area (Å²) in [7, 11) is 1.000. The maximum atomic E-state index is 12.0. The van der Waals surface area contributed by atoms with Crippen molar-refractivity contribution in [3.05, 3.63) is 22.4 Å². The summed E-state index contributed by atoms with van der Waals surface area (Å²) in [6, 6.07) is 1.46. The Bertz CT molecular complexity index is 455. The van der Waals surface area contributed by atoms with Gasteiger partial charge in [0.25, 0.3) is 0 Å². The Balaban J connectivity index is 2.32. The minimum absolute atomic E-state index is 0.0571. The van der Waals surface area contributed by atoms with Gasteiger partial charge in [-0.1, -0.05) is 0 Å². The van der Waals surface area contributed by atoms with Crippen LogP contribution in [-0.4, -0.2) is 36.1 Å². The Kier molecular flexibility index (Phi) is 3.51. The molecule has 0 bridgehead atoms. The van der Waals surface area contributed by atoms with Crippen molar-refractivity contribution >= 4 is 34.6 Å². The van der Waals surface area contributed by atoms with Crippen molar-refractivity contribution < 1.29 is 9.82 Å². The lowest BCUT2D eigenvalue weighted by Crippen LogP contribution is -2.53. The molecule has 90 valence electrons. The number of amides is 1. The maximum absolute atomic E-state index is 12.0. The second kappa shape index (κ2) is 4.76. The number of nitrogens with one attached hydrogen (secondary N) is 1. The molecule has 0 saturated carbocycles. The SMILES string of the molecule is CB(O)N[C@@H]1Cc2ncc(Br)cc2N(C)C1=O. The van der Waals surface area contributed by atoms with Gasteiger partial charge in [0.2, 0.25) is 5.91 Å². The fraction of sp³-hybridized carbons (Fsp3) is 0.400. The first-order valence-electron chi connectivity index (χ1n) is 5.35. The Hall–Kier alpha value is -0.915. The number of anilines is 1. The highest BCUT2D eigenvalue weighted by Gasteiger charge is 2.32. The molecule has 1 aromatic rings. The molecule has 2 rings (SSSR count). The lowest BCUT2D eigenvalue weighted by atomic mass is 9.85. The summed E-state index contributed by atoms with van der Waals surface area (Å²) in [6.07, 6.45) is 2.21. The van der Waals surface area contributed by atoms with Crippen molar-refractivity contribution in [3.8, 4) is 0 Å². The smallest absolute Gasteiger partial charge is 0.374 e. The van der Waals surface area contributed by atoms with Crippen LogP contribution in [0.25, 0.3) is 0 Å². The predicted octanol–water partition coefficient (Wildman–Crippen LogP) is 0.431. The van der Waals surface area contributed by atoms with Gasteiger partial charge in [-0.25, -0.2) is 0 Å². The Morgan fingerprint density at radius 1 is 1.71 bits per heavy atom. The topological polar surface area (TPSA) is 65.5 Å². The van der Waals surface area contributed by atoms with Gasteiger partial charge in [0.05, 0.1) is 17.4 Å². The number of fused-ring (bicyclic) bond motifs is 1. The van der Waals surface area contributed by atoms with Crippen molar-refractivity contribution in [2.75, 3.05) is 11.9 Å². The normalized spacial score (nSPS) is 19.2. The molecule has 1 atom stereocenters. The van der Waals surface area contributed by atoms with Crippen molar-refractivity contribution in [2.45, 2.75) is 19.3 Å². The van der Waals surface area contributed by atoms with Crippen LogP contribution in [0.1, 0.15) is 5.69 Å². The monoisotopic (exact) mass is 297 g/mol. The Morgan fingerprint density at radius 3 is 3.06 bits per heavy atom. The fourth-order valence-electron chi connectivity index (χ4n) is 1.96. The molecule has 7 heteroatoms. The van der Waals surface area contributed by atoms with Crippen LogP contribution in [-0.2, 0) is 11.2 Å². The van der Waals surface area contributed by atoms with Gasteiger partial charge < -0.3 is 15.2 Å². The standard InChI is InChI=1S/C10H13BBrN3O2/c1-11(17)14-8-4-7-9(15(2)10(8)16)3-6(12)5-13-7/h3,5,8,14,17H,4H2,1-2H3/t8-/m1/s1. The third-order valence-electron chi connectivity index (χ3n) is 2.74. The number of rotatable bonds is 2. The molecule has 0 fully saturated rings. The highest BCUT2D eigenvalue weighted by molar-refractivity contribution is 9.10. The van der Waals surface area contributed by atoms with Crippen LogP contribution in [0.15, 0.2) is 16.7 Å². The molecule has 17 heavy (non-hydrogen) atoms. The zero-order valence-electron chi connectivity index (χ0n) is 9.64. The second-order valence-electron chi connectivity index (χ2n) is 4.12. The van der Waals surface area contributed by atoms with Gasteiger partial charge in [-0.3, -0.25) is 9.78 Å². The van der Waals surface area contributed by atoms with Crippen LogP contribution in [0, 0.1) is 0 Å². The first-order valence-corrected chi connectivity index (χ1v) is 6.14. The van der Waals surface area contributed by atoms with E-state index in [1.807, 2.05) is 6.07 Å². The summed E-state index contributed by atoms with van der Waals surface area (Å²) in [4.78, 5) is 17.9. The van der Waals surface area contributed by atoms with E-state index in [1.165, 1.54) is 0 Å². The van der Waals surface area contributed by atoms with E-state index in [-0.39, 0.29) is 5.91 Å². The van der Waals surface area contributed by atoms with Crippen LogP contribution in [0.3, 0.4) is 0 Å². The third-order valence-corrected chi connectivity index (χ3v) is 3.18. The fourth-order valence-corrected chi connectivity index (χ4v) is 2.28. The van der Waals surface area contributed by atoms with Crippen molar-refractivity contribution in [1.29, 1.82) is 0 Å². The van der Waals surface area contributed by atoms with E-state index in [4.69, 9.17) is 0 Å². The summed E-state index contributed by atoms with van der Waals surface area (Å²) in [6.45, 7) is 1.60. The molecule has 0 unspecified atom stereocenters. The molecule has 0 saturated heterocycles. The quantitative estimate of drug-likeness (QED) is 0.777. The minimum Gasteiger partial charge on any atom is -0.437 e. The van der Waals surface area contributed by atoms with Crippen molar-refractivity contribution in [1.82, 2.24) is 10.2 Å². The number of pyridine rings is 1. The number of nitrogens with zero attached hydrogens (tertiary/aromatic N) is 2. The minimum atomic E-state index is -0.714. The van der Waals surface area contributed by atoms with Gasteiger partial charge in [-0.2, -0.15) is 0 Å². The molecule has 1 aliphatic rings. The average molecular weight is 298 g/mol. The molecule has 0 radical (unpaired) electrons. The molecule has 1 aromatic heterocycles. The van der Waals surface area contributed by atoms with Gasteiger partial charge in [-0.15, -0.1) is 0 Å². The first-order chi connectivity index (χ1) is 7.99. The van der Waals surface area contributed by atoms with E-state index >= 15 is 0 Å². The van der Waals surface area contributed by atoms with E-state index in [9.17, 15) is 9.82 Å². The molecular formula is C10H13BBrN3O2. The molecule has 2 heterocycles. The highest BCUT2D eigenvalue weighted by Crippen LogP contribution is 2.27. The molecule has 0 spiro atoms. The number of halogens is 1. The van der Waals surface area contributed by atoms with Gasteiger partial charge in [0.1, 0.15) is 0 Å². The van der Waals surface area contributed by atoms with Crippen molar-refractivity contribution in [3.63, 3.8) is 0 Å². The van der Waals surface area contributed by atoms with Crippen LogP contribution < -0.4 is 10.1 Å². The Morgan fingerprint density at radius 2 is 2.41 bits per heavy atom. The maximum Gasteiger partial charge on any atom is 0.374 e. The van der Waals surface area contributed by atoms with E-state index in [0.29, 0.717) is 6.42 Å². The van der Waals surface area contributed by atoms with Gasteiger partial charge in [-0.05, 0) is 28.8 Å². The number of hydrogen-bond donors (Lipinski definition) is 2. The lowest BCUT2D eigenvalue weighted by Gasteiger charge is -2.31. The molecular weight excluding hydrogens is 285 g/mol. The van der Waals surface area contributed by atoms with Crippen LogP contribution >= 0.6 is 15.9 Å². The number of aromatic nitrogens is 1. The molecule has 2 N–H and O–H groups in total. The number of likely N-dealkylation sites (N-methyl/N-ethyl adjacent to an activating group) is 1.